The summed E-state index contributed by atoms with van der Waals surface area (Å²) in [5, 5.41) is 4.27. The van der Waals surface area contributed by atoms with Crippen LogP contribution in [0.2, 0.25) is 0 Å². The van der Waals surface area contributed by atoms with Gasteiger partial charge in [0.15, 0.2) is 11.6 Å². The summed E-state index contributed by atoms with van der Waals surface area (Å²) >= 11 is 0. The topological polar surface area (TPSA) is 66.8 Å². The van der Waals surface area contributed by atoms with Crippen molar-refractivity contribution in [1.29, 1.82) is 0 Å². The fourth-order valence-corrected chi connectivity index (χ4v) is 5.45. The molecule has 5 aromatic carbocycles. The lowest BCUT2D eigenvalue weighted by molar-refractivity contribution is 1.02. The Morgan fingerprint density at radius 3 is 1.24 bits per heavy atom. The summed E-state index contributed by atoms with van der Waals surface area (Å²) in [5.41, 5.74) is 3.03. The second-order valence-corrected chi connectivity index (χ2v) is 9.83. The molecule has 8 rings (SSSR count). The predicted molar refractivity (Wildman–Crippen MR) is 166 cm³/mol. The summed E-state index contributed by atoms with van der Waals surface area (Å²) in [6, 6.07) is 36.2. The highest BCUT2D eigenvalue weighted by molar-refractivity contribution is 6.02. The number of benzene rings is 5. The van der Waals surface area contributed by atoms with Crippen molar-refractivity contribution >= 4 is 78.9 Å². The largest absolute Gasteiger partial charge is 0.370 e. The number of rotatable bonds is 2. The molecule has 0 bridgehead atoms. The Morgan fingerprint density at radius 2 is 0.810 bits per heavy atom. The van der Waals surface area contributed by atoms with Crippen LogP contribution in [0.25, 0.3) is 42.3 Å². The molecule has 0 spiro atoms. The van der Waals surface area contributed by atoms with Crippen LogP contribution >= 0.6 is 0 Å². The zero-order valence-corrected chi connectivity index (χ0v) is 22.0. The van der Waals surface area contributed by atoms with Crippen LogP contribution in [0.15, 0.2) is 109 Å². The normalized spacial score (nSPS) is 12.1. The lowest BCUT2D eigenvalue weighted by Crippen LogP contribution is -2.28. The second kappa shape index (κ2) is 9.09. The van der Waals surface area contributed by atoms with Gasteiger partial charge in [0.2, 0.25) is 0 Å². The zero-order valence-electron chi connectivity index (χ0n) is 22.0. The molecule has 0 saturated heterocycles. The van der Waals surface area contributed by atoms with Crippen molar-refractivity contribution in [3.05, 3.63) is 132 Å². The van der Waals surface area contributed by atoms with Gasteiger partial charge in [0.05, 0.1) is 22.4 Å². The summed E-state index contributed by atoms with van der Waals surface area (Å²) in [6.07, 6.45) is 0. The number of hydrogen-bond donors (Lipinski definition) is 0. The van der Waals surface area contributed by atoms with E-state index in [0.29, 0.717) is 23.3 Å². The molecule has 0 amide bonds. The Labute approximate surface area is 240 Å². The van der Waals surface area contributed by atoms with Gasteiger partial charge in [-0.05, 0) is 57.9 Å². The Balaban J connectivity index is 1.48. The van der Waals surface area contributed by atoms with Crippen LogP contribution in [0, 0.1) is 13.1 Å². The highest BCUT2D eigenvalue weighted by atomic mass is 15.4. The minimum atomic E-state index is -0.0646. The highest BCUT2D eigenvalue weighted by Gasteiger charge is 2.41. The fraction of sp³-hybridized carbons (Fsp3) is 0. The van der Waals surface area contributed by atoms with Crippen LogP contribution in [0.4, 0.5) is 46.3 Å². The molecule has 0 N–H and O–H groups in total. The van der Waals surface area contributed by atoms with E-state index < -0.39 is 0 Å². The highest BCUT2D eigenvalue weighted by Crippen LogP contribution is 2.53. The van der Waals surface area contributed by atoms with E-state index in [2.05, 4.69) is 46.1 Å². The van der Waals surface area contributed by atoms with E-state index in [0.717, 1.165) is 44.0 Å². The Morgan fingerprint density at radius 1 is 0.429 bits per heavy atom. The molecule has 0 radical (unpaired) electrons. The first-order valence-corrected chi connectivity index (χ1v) is 13.2. The average molecular weight is 539 g/mol. The molecule has 8 nitrogen and oxygen atoms in total. The number of hydrogen-bond acceptors (Lipinski definition) is 6. The molecule has 7 aromatic rings. The molecule has 194 valence electrons. The lowest BCUT2D eigenvalue weighted by atomic mass is 10.1. The van der Waals surface area contributed by atoms with Gasteiger partial charge in [-0.1, -0.05) is 85.9 Å². The van der Waals surface area contributed by atoms with E-state index >= 15 is 0 Å². The SMILES string of the molecule is [C-]#[N+]c1nc2c(nc1[N+]#[C-])N(c1ccc3ccccc3c1)c1nc3ccccc3nc1N2c1ccc2ccccc2c1. The third-order valence-corrected chi connectivity index (χ3v) is 7.40. The van der Waals surface area contributed by atoms with E-state index in [9.17, 15) is 0 Å². The van der Waals surface area contributed by atoms with Crippen LogP contribution in [0.1, 0.15) is 0 Å². The number of aromatic nitrogens is 4. The van der Waals surface area contributed by atoms with E-state index in [1.165, 1.54) is 0 Å². The minimum Gasteiger partial charge on any atom is -0.370 e. The summed E-state index contributed by atoms with van der Waals surface area (Å²) in [4.78, 5) is 30.6. The summed E-state index contributed by atoms with van der Waals surface area (Å²) in [6.45, 7) is 15.5. The van der Waals surface area contributed by atoms with Gasteiger partial charge in [0.25, 0.3) is 11.6 Å². The second-order valence-electron chi connectivity index (χ2n) is 9.83. The fourth-order valence-electron chi connectivity index (χ4n) is 5.45. The van der Waals surface area contributed by atoms with Crippen molar-refractivity contribution in [2.24, 2.45) is 0 Å². The van der Waals surface area contributed by atoms with E-state index in [4.69, 9.17) is 33.1 Å². The summed E-state index contributed by atoms with van der Waals surface area (Å²) in [5.74, 6) is 1.76. The van der Waals surface area contributed by atoms with Gasteiger partial charge in [-0.3, -0.25) is 9.80 Å². The Hall–Kier alpha value is -6.38. The van der Waals surface area contributed by atoms with E-state index in [1.54, 1.807) is 0 Å². The standard InChI is InChI=1S/C34H18N8/c1-35-29-30(36-2)40-34-33(39-29)41(25-17-15-21-9-3-5-11-23(21)19-25)31-32(38-28-14-8-7-13-27(28)37-31)42(34)26-18-16-22-10-4-6-12-24(22)20-26/h3-20H. The first-order chi connectivity index (χ1) is 20.7. The van der Waals surface area contributed by atoms with Crippen LogP contribution in [-0.4, -0.2) is 19.9 Å². The molecule has 3 heterocycles. The zero-order chi connectivity index (χ0) is 28.2. The maximum absolute atomic E-state index is 7.76. The maximum Gasteiger partial charge on any atom is 0.300 e. The molecule has 0 atom stereocenters. The third-order valence-electron chi connectivity index (χ3n) is 7.40. The number of para-hydroxylation sites is 2. The van der Waals surface area contributed by atoms with Gasteiger partial charge >= 0.3 is 11.6 Å². The summed E-state index contributed by atoms with van der Waals surface area (Å²) < 4.78 is 0. The van der Waals surface area contributed by atoms with E-state index in [1.807, 2.05) is 82.6 Å². The molecule has 42 heavy (non-hydrogen) atoms. The van der Waals surface area contributed by atoms with Crippen molar-refractivity contribution < 1.29 is 0 Å². The third kappa shape index (κ3) is 3.53. The van der Waals surface area contributed by atoms with Gasteiger partial charge in [-0.15, -0.1) is 9.97 Å². The quantitative estimate of drug-likeness (QED) is 0.205. The predicted octanol–water partition coefficient (Wildman–Crippen LogP) is 9.08. The Kier molecular flexibility index (Phi) is 5.09. The van der Waals surface area contributed by atoms with Crippen LogP contribution in [0.5, 0.6) is 0 Å². The van der Waals surface area contributed by atoms with Crippen LogP contribution in [-0.2, 0) is 0 Å². The van der Waals surface area contributed by atoms with Crippen molar-refractivity contribution in [3.63, 3.8) is 0 Å². The van der Waals surface area contributed by atoms with Crippen molar-refractivity contribution in [2.45, 2.75) is 0 Å². The molecular weight excluding hydrogens is 520 g/mol. The van der Waals surface area contributed by atoms with Crippen molar-refractivity contribution in [2.75, 3.05) is 9.80 Å². The van der Waals surface area contributed by atoms with Crippen molar-refractivity contribution in [1.82, 2.24) is 19.9 Å². The first kappa shape index (κ1) is 23.5. The molecule has 2 aromatic heterocycles. The Bertz CT molecular complexity index is 2150. The minimum absolute atomic E-state index is 0.0646. The monoisotopic (exact) mass is 538 g/mol. The average Bonchev–Trinajstić information content (AvgIpc) is 3.05. The van der Waals surface area contributed by atoms with Gasteiger partial charge in [0, 0.05) is 0 Å². The molecule has 0 fully saturated rings. The van der Waals surface area contributed by atoms with Crippen molar-refractivity contribution in [3.8, 4) is 0 Å². The molecule has 1 aliphatic heterocycles. The van der Waals surface area contributed by atoms with Crippen LogP contribution in [0.3, 0.4) is 0 Å². The first-order valence-electron chi connectivity index (χ1n) is 13.2. The number of nitrogens with zero attached hydrogens (tertiary/aromatic N) is 8. The van der Waals surface area contributed by atoms with Gasteiger partial charge < -0.3 is 9.69 Å². The maximum atomic E-state index is 7.76. The number of fused-ring (bicyclic) bond motifs is 5. The van der Waals surface area contributed by atoms with Crippen LogP contribution < -0.4 is 9.80 Å². The number of anilines is 6. The molecule has 0 aliphatic carbocycles. The van der Waals surface area contributed by atoms with Gasteiger partial charge in [0.1, 0.15) is 0 Å². The molecule has 1 aliphatic rings. The summed E-state index contributed by atoms with van der Waals surface area (Å²) in [7, 11) is 0. The smallest absolute Gasteiger partial charge is 0.300 e. The van der Waals surface area contributed by atoms with Gasteiger partial charge in [-0.2, -0.15) is 0 Å². The lowest BCUT2D eigenvalue weighted by Gasteiger charge is -2.33. The van der Waals surface area contributed by atoms with Gasteiger partial charge in [-0.25, -0.2) is 9.97 Å². The molecule has 0 unspecified atom stereocenters. The molecule has 0 saturated carbocycles. The molecular formula is C34H18N8. The van der Waals surface area contributed by atoms with E-state index in [-0.39, 0.29) is 11.6 Å². The molecule has 8 heteroatoms.